The van der Waals surface area contributed by atoms with Gasteiger partial charge in [0.25, 0.3) is 0 Å². The highest BCUT2D eigenvalue weighted by atomic mass is 16.5. The minimum absolute atomic E-state index is 0.137. The number of ether oxygens (including phenoxy) is 1. The van der Waals surface area contributed by atoms with Gasteiger partial charge in [-0.1, -0.05) is 5.21 Å². The van der Waals surface area contributed by atoms with E-state index in [2.05, 4.69) is 15.0 Å². The maximum absolute atomic E-state index is 10.9. The van der Waals surface area contributed by atoms with E-state index < -0.39 is 6.04 Å². The van der Waals surface area contributed by atoms with Crippen molar-refractivity contribution < 1.29 is 9.53 Å². The normalized spacial score (nSPS) is 12.5. The molecule has 0 aliphatic carbocycles. The van der Waals surface area contributed by atoms with Crippen molar-refractivity contribution in [3.8, 4) is 0 Å². The van der Waals surface area contributed by atoms with E-state index in [9.17, 15) is 4.79 Å². The number of nitrogens with two attached hydrogens (primary N) is 1. The van der Waals surface area contributed by atoms with Gasteiger partial charge < -0.3 is 10.5 Å². The lowest BCUT2D eigenvalue weighted by atomic mass is 10.1. The van der Waals surface area contributed by atoms with Crippen LogP contribution < -0.4 is 5.73 Å². The first-order chi connectivity index (χ1) is 6.15. The van der Waals surface area contributed by atoms with Gasteiger partial charge in [0, 0.05) is 7.05 Å². The molecule has 0 aliphatic rings. The van der Waals surface area contributed by atoms with Crippen molar-refractivity contribution >= 4 is 5.97 Å². The summed E-state index contributed by atoms with van der Waals surface area (Å²) in [5.41, 5.74) is 6.43. The molecule has 0 bridgehead atoms. The number of carbonyl (C=O) groups excluding carboxylic acids is 1. The predicted molar refractivity (Wildman–Crippen MR) is 44.6 cm³/mol. The van der Waals surface area contributed by atoms with Gasteiger partial charge in [0.1, 0.15) is 0 Å². The first-order valence-corrected chi connectivity index (χ1v) is 3.82. The fourth-order valence-electron chi connectivity index (χ4n) is 1.00. The third-order valence-corrected chi connectivity index (χ3v) is 1.74. The zero-order valence-electron chi connectivity index (χ0n) is 7.60. The van der Waals surface area contributed by atoms with Gasteiger partial charge in [0.05, 0.1) is 31.5 Å². The Kier molecular flexibility index (Phi) is 2.97. The molecule has 0 fully saturated rings. The zero-order valence-corrected chi connectivity index (χ0v) is 7.60. The van der Waals surface area contributed by atoms with Crippen LogP contribution in [0.25, 0.3) is 0 Å². The number of aromatic nitrogens is 3. The summed E-state index contributed by atoms with van der Waals surface area (Å²) in [6.45, 7) is 0. The molecule has 1 rings (SSSR count). The fourth-order valence-corrected chi connectivity index (χ4v) is 1.00. The molecule has 0 radical (unpaired) electrons. The highest BCUT2D eigenvalue weighted by Gasteiger charge is 2.15. The molecule has 0 aliphatic heterocycles. The second kappa shape index (κ2) is 3.99. The van der Waals surface area contributed by atoms with E-state index in [0.717, 1.165) is 0 Å². The van der Waals surface area contributed by atoms with Crippen molar-refractivity contribution in [1.29, 1.82) is 0 Å². The lowest BCUT2D eigenvalue weighted by Crippen LogP contribution is -2.19. The van der Waals surface area contributed by atoms with Crippen LogP contribution in [0.15, 0.2) is 6.20 Å². The minimum Gasteiger partial charge on any atom is -0.469 e. The highest BCUT2D eigenvalue weighted by Crippen LogP contribution is 2.11. The van der Waals surface area contributed by atoms with Crippen LogP contribution in [0.4, 0.5) is 0 Å². The van der Waals surface area contributed by atoms with Crippen LogP contribution >= 0.6 is 0 Å². The quantitative estimate of drug-likeness (QED) is 0.633. The van der Waals surface area contributed by atoms with E-state index in [1.807, 2.05) is 0 Å². The van der Waals surface area contributed by atoms with E-state index in [-0.39, 0.29) is 12.4 Å². The SMILES string of the molecule is COC(=O)C[C@H](N)c1cnnn1C. The summed E-state index contributed by atoms with van der Waals surface area (Å²) in [6.07, 6.45) is 1.67. The molecule has 13 heavy (non-hydrogen) atoms. The van der Waals surface area contributed by atoms with Gasteiger partial charge in [0.15, 0.2) is 0 Å². The van der Waals surface area contributed by atoms with Gasteiger partial charge in [-0.15, -0.1) is 5.10 Å². The van der Waals surface area contributed by atoms with E-state index >= 15 is 0 Å². The Morgan fingerprint density at radius 2 is 2.54 bits per heavy atom. The summed E-state index contributed by atoms with van der Waals surface area (Å²) in [4.78, 5) is 10.9. The second-order valence-corrected chi connectivity index (χ2v) is 2.67. The molecular weight excluding hydrogens is 172 g/mol. The summed E-state index contributed by atoms with van der Waals surface area (Å²) in [5.74, 6) is -0.339. The van der Waals surface area contributed by atoms with Crippen molar-refractivity contribution in [1.82, 2.24) is 15.0 Å². The zero-order chi connectivity index (χ0) is 9.84. The predicted octanol–water partition coefficient (Wildman–Crippen LogP) is -0.622. The Morgan fingerprint density at radius 3 is 3.00 bits per heavy atom. The Balaban J connectivity index is 2.63. The number of hydrogen-bond acceptors (Lipinski definition) is 5. The number of esters is 1. The Bertz CT molecular complexity index is 296. The minimum atomic E-state index is -0.410. The number of rotatable bonds is 3. The number of methoxy groups -OCH3 is 1. The van der Waals surface area contributed by atoms with Crippen LogP contribution in [0.1, 0.15) is 18.2 Å². The number of aryl methyl sites for hydroxylation is 1. The van der Waals surface area contributed by atoms with Crippen molar-refractivity contribution in [2.75, 3.05) is 7.11 Å². The number of hydrogen-bond donors (Lipinski definition) is 1. The first kappa shape index (κ1) is 9.66. The van der Waals surface area contributed by atoms with Gasteiger partial charge in [-0.25, -0.2) is 0 Å². The van der Waals surface area contributed by atoms with Crippen LogP contribution in [-0.4, -0.2) is 28.1 Å². The van der Waals surface area contributed by atoms with Crippen LogP contribution in [0, 0.1) is 0 Å². The first-order valence-electron chi connectivity index (χ1n) is 3.82. The van der Waals surface area contributed by atoms with E-state index in [4.69, 9.17) is 5.73 Å². The van der Waals surface area contributed by atoms with Crippen LogP contribution in [0.3, 0.4) is 0 Å². The average Bonchev–Trinajstić information content (AvgIpc) is 2.51. The molecule has 0 saturated heterocycles. The molecule has 1 aromatic rings. The molecule has 2 N–H and O–H groups in total. The van der Waals surface area contributed by atoms with Crippen molar-refractivity contribution in [2.24, 2.45) is 12.8 Å². The second-order valence-electron chi connectivity index (χ2n) is 2.67. The molecule has 6 heteroatoms. The molecule has 1 aromatic heterocycles. The standard InChI is InChI=1S/C7H12N4O2/c1-11-6(4-9-10-11)5(8)3-7(12)13-2/h4-5H,3,8H2,1-2H3/t5-/m0/s1. The van der Waals surface area contributed by atoms with Gasteiger partial charge in [-0.05, 0) is 0 Å². The lowest BCUT2D eigenvalue weighted by Gasteiger charge is -2.08. The topological polar surface area (TPSA) is 83.0 Å². The molecule has 0 unspecified atom stereocenters. The summed E-state index contributed by atoms with van der Waals surface area (Å²) < 4.78 is 6.03. The van der Waals surface area contributed by atoms with E-state index in [1.54, 1.807) is 7.05 Å². The molecule has 0 aromatic carbocycles. The molecule has 0 saturated carbocycles. The number of nitrogens with zero attached hydrogens (tertiary/aromatic N) is 3. The molecule has 6 nitrogen and oxygen atoms in total. The highest BCUT2D eigenvalue weighted by molar-refractivity contribution is 5.70. The summed E-state index contributed by atoms with van der Waals surface area (Å²) >= 11 is 0. The van der Waals surface area contributed by atoms with E-state index in [0.29, 0.717) is 5.69 Å². The summed E-state index contributed by atoms with van der Waals surface area (Å²) in [5, 5.41) is 7.36. The van der Waals surface area contributed by atoms with Crippen molar-refractivity contribution in [2.45, 2.75) is 12.5 Å². The smallest absolute Gasteiger partial charge is 0.307 e. The molecule has 1 heterocycles. The maximum Gasteiger partial charge on any atom is 0.307 e. The Hall–Kier alpha value is -1.43. The summed E-state index contributed by atoms with van der Waals surface area (Å²) in [6, 6.07) is -0.410. The monoisotopic (exact) mass is 184 g/mol. The lowest BCUT2D eigenvalue weighted by molar-refractivity contribution is -0.141. The van der Waals surface area contributed by atoms with Gasteiger partial charge in [0.2, 0.25) is 0 Å². The van der Waals surface area contributed by atoms with Gasteiger partial charge in [-0.2, -0.15) is 0 Å². The fraction of sp³-hybridized carbons (Fsp3) is 0.571. The molecule has 1 atom stereocenters. The largest absolute Gasteiger partial charge is 0.469 e. The van der Waals surface area contributed by atoms with Gasteiger partial charge in [-0.3, -0.25) is 9.48 Å². The third-order valence-electron chi connectivity index (χ3n) is 1.74. The average molecular weight is 184 g/mol. The molecule has 72 valence electrons. The molecule has 0 amide bonds. The third kappa shape index (κ3) is 2.25. The van der Waals surface area contributed by atoms with E-state index in [1.165, 1.54) is 18.0 Å². The number of carbonyl (C=O) groups is 1. The van der Waals surface area contributed by atoms with Crippen LogP contribution in [0.5, 0.6) is 0 Å². The maximum atomic E-state index is 10.9. The Morgan fingerprint density at radius 1 is 1.85 bits per heavy atom. The van der Waals surface area contributed by atoms with Crippen molar-refractivity contribution in [3.05, 3.63) is 11.9 Å². The van der Waals surface area contributed by atoms with Gasteiger partial charge >= 0.3 is 5.97 Å². The molecule has 0 spiro atoms. The summed E-state index contributed by atoms with van der Waals surface area (Å²) in [7, 11) is 3.05. The van der Waals surface area contributed by atoms with Crippen LogP contribution in [0.2, 0.25) is 0 Å². The molecular formula is C7H12N4O2. The van der Waals surface area contributed by atoms with Crippen molar-refractivity contribution in [3.63, 3.8) is 0 Å². The van der Waals surface area contributed by atoms with Crippen LogP contribution in [-0.2, 0) is 16.6 Å². The Labute approximate surface area is 75.7 Å².